The van der Waals surface area contributed by atoms with Crippen LogP contribution in [0.3, 0.4) is 0 Å². The van der Waals surface area contributed by atoms with Crippen molar-refractivity contribution in [3.63, 3.8) is 0 Å². The molecule has 0 aliphatic carbocycles. The molecule has 3 N–H and O–H groups in total. The average Bonchev–Trinajstić information content (AvgIpc) is 2.03. The van der Waals surface area contributed by atoms with Crippen molar-refractivity contribution in [3.05, 3.63) is 12.2 Å². The number of aliphatic hydroxyl groups is 3. The van der Waals surface area contributed by atoms with Crippen LogP contribution in [0.25, 0.3) is 0 Å². The number of aliphatic hydroxyl groups excluding tert-OH is 3. The summed E-state index contributed by atoms with van der Waals surface area (Å²) in [7, 11) is 0. The van der Waals surface area contributed by atoms with Crippen LogP contribution in [-0.2, 0) is 0 Å². The molecule has 0 heterocycles. The molecule has 3 atom stereocenters. The lowest BCUT2D eigenvalue weighted by Crippen LogP contribution is -2.12. The van der Waals surface area contributed by atoms with Crippen molar-refractivity contribution >= 4 is 0 Å². The summed E-state index contributed by atoms with van der Waals surface area (Å²) in [6.45, 7) is 3.42. The van der Waals surface area contributed by atoms with Gasteiger partial charge in [-0.15, -0.1) is 0 Å². The Morgan fingerprint density at radius 3 is 2.25 bits per heavy atom. The Morgan fingerprint density at radius 1 is 1.25 bits per heavy atom. The van der Waals surface area contributed by atoms with E-state index in [1.165, 1.54) is 0 Å². The lowest BCUT2D eigenvalue weighted by molar-refractivity contribution is 0.128. The van der Waals surface area contributed by atoms with Gasteiger partial charge in [-0.3, -0.25) is 0 Å². The molecule has 0 spiro atoms. The number of allylic oxidation sites excluding steroid dienone is 1. The molecule has 0 aliphatic heterocycles. The first-order valence-electron chi connectivity index (χ1n) is 4.21. The van der Waals surface area contributed by atoms with Crippen molar-refractivity contribution < 1.29 is 15.3 Å². The Morgan fingerprint density at radius 2 is 1.83 bits per heavy atom. The highest BCUT2D eigenvalue weighted by atomic mass is 16.3. The molecule has 0 aliphatic rings. The molecule has 0 saturated heterocycles. The second kappa shape index (κ2) is 6.17. The molecule has 1 unspecified atom stereocenters. The van der Waals surface area contributed by atoms with E-state index in [1.807, 2.05) is 6.92 Å². The van der Waals surface area contributed by atoms with E-state index < -0.39 is 6.10 Å². The number of hydrogen-bond acceptors (Lipinski definition) is 3. The minimum absolute atomic E-state index is 0.187. The van der Waals surface area contributed by atoms with Crippen molar-refractivity contribution in [1.82, 2.24) is 0 Å². The highest BCUT2D eigenvalue weighted by molar-refractivity contribution is 4.89. The molecule has 0 saturated carbocycles. The molecular weight excluding hydrogens is 156 g/mol. The van der Waals surface area contributed by atoms with Crippen molar-refractivity contribution in [2.24, 2.45) is 5.92 Å². The monoisotopic (exact) mass is 174 g/mol. The molecule has 0 aromatic heterocycles. The van der Waals surface area contributed by atoms with E-state index in [-0.39, 0.29) is 18.6 Å². The number of hydrogen-bond donors (Lipinski definition) is 3. The van der Waals surface area contributed by atoms with Crippen molar-refractivity contribution in [1.29, 1.82) is 0 Å². The Labute approximate surface area is 73.4 Å². The summed E-state index contributed by atoms with van der Waals surface area (Å²) in [5.41, 5.74) is 0. The van der Waals surface area contributed by atoms with E-state index in [0.29, 0.717) is 6.42 Å². The Balaban J connectivity index is 3.59. The van der Waals surface area contributed by atoms with Gasteiger partial charge in [0, 0.05) is 0 Å². The Hall–Kier alpha value is -0.380. The van der Waals surface area contributed by atoms with Crippen molar-refractivity contribution in [2.75, 3.05) is 6.61 Å². The number of rotatable bonds is 5. The zero-order chi connectivity index (χ0) is 9.56. The van der Waals surface area contributed by atoms with Gasteiger partial charge in [0.2, 0.25) is 0 Å². The fourth-order valence-electron chi connectivity index (χ4n) is 0.708. The molecule has 0 aromatic rings. The summed E-state index contributed by atoms with van der Waals surface area (Å²) in [6.07, 6.45) is 2.93. The van der Waals surface area contributed by atoms with Gasteiger partial charge < -0.3 is 15.3 Å². The summed E-state index contributed by atoms with van der Waals surface area (Å²) in [5.74, 6) is 0.187. The smallest absolute Gasteiger partial charge is 0.0951 e. The second-order valence-corrected chi connectivity index (χ2v) is 3.13. The molecule has 3 heteroatoms. The molecular formula is C9H18O3. The predicted molar refractivity (Wildman–Crippen MR) is 47.7 cm³/mol. The fraction of sp³-hybridized carbons (Fsp3) is 0.778. The summed E-state index contributed by atoms with van der Waals surface area (Å²) >= 11 is 0. The zero-order valence-electron chi connectivity index (χ0n) is 7.64. The van der Waals surface area contributed by atoms with Crippen LogP contribution in [0.2, 0.25) is 0 Å². The molecule has 12 heavy (non-hydrogen) atoms. The van der Waals surface area contributed by atoms with E-state index in [1.54, 1.807) is 19.1 Å². The summed E-state index contributed by atoms with van der Waals surface area (Å²) < 4.78 is 0. The van der Waals surface area contributed by atoms with Gasteiger partial charge in [-0.05, 0) is 19.3 Å². The highest BCUT2D eigenvalue weighted by Crippen LogP contribution is 2.08. The largest absolute Gasteiger partial charge is 0.393 e. The molecule has 0 rings (SSSR count). The lowest BCUT2D eigenvalue weighted by atomic mass is 10.0. The van der Waals surface area contributed by atoms with Crippen LogP contribution < -0.4 is 0 Å². The predicted octanol–water partition coefficient (Wildman–Crippen LogP) is 0.303. The van der Waals surface area contributed by atoms with Crippen LogP contribution in [-0.4, -0.2) is 34.1 Å². The first-order valence-corrected chi connectivity index (χ1v) is 4.21. The third-order valence-electron chi connectivity index (χ3n) is 1.88. The van der Waals surface area contributed by atoms with E-state index >= 15 is 0 Å². The molecule has 0 fully saturated rings. The average molecular weight is 174 g/mol. The van der Waals surface area contributed by atoms with Gasteiger partial charge in [0.05, 0.1) is 18.8 Å². The Bertz CT molecular complexity index is 132. The summed E-state index contributed by atoms with van der Waals surface area (Å²) in [4.78, 5) is 0. The van der Waals surface area contributed by atoms with Crippen LogP contribution in [0.1, 0.15) is 20.3 Å². The van der Waals surface area contributed by atoms with Gasteiger partial charge in [-0.1, -0.05) is 19.1 Å². The van der Waals surface area contributed by atoms with Gasteiger partial charge in [0.25, 0.3) is 0 Å². The van der Waals surface area contributed by atoms with E-state index in [0.717, 1.165) is 0 Å². The standard InChI is InChI=1S/C9H18O3/c1-7(8(2)11)4-3-5-9(12)6-10/h3,5,7-12H,4,6H2,1-2H3/b5-3+/t7?,8-,9+/m0/s1. The van der Waals surface area contributed by atoms with Gasteiger partial charge >= 0.3 is 0 Å². The van der Waals surface area contributed by atoms with Crippen LogP contribution in [0.5, 0.6) is 0 Å². The van der Waals surface area contributed by atoms with Gasteiger partial charge in [-0.2, -0.15) is 0 Å². The van der Waals surface area contributed by atoms with Gasteiger partial charge in [0.15, 0.2) is 0 Å². The van der Waals surface area contributed by atoms with Gasteiger partial charge in [0.1, 0.15) is 0 Å². The van der Waals surface area contributed by atoms with E-state index in [9.17, 15) is 0 Å². The molecule has 0 radical (unpaired) electrons. The minimum atomic E-state index is -0.772. The van der Waals surface area contributed by atoms with Crippen molar-refractivity contribution in [2.45, 2.75) is 32.5 Å². The normalized spacial score (nSPS) is 19.4. The van der Waals surface area contributed by atoms with Gasteiger partial charge in [-0.25, -0.2) is 0 Å². The fourth-order valence-corrected chi connectivity index (χ4v) is 0.708. The first kappa shape index (κ1) is 11.6. The third-order valence-corrected chi connectivity index (χ3v) is 1.88. The van der Waals surface area contributed by atoms with E-state index in [4.69, 9.17) is 15.3 Å². The van der Waals surface area contributed by atoms with Crippen LogP contribution in [0.4, 0.5) is 0 Å². The minimum Gasteiger partial charge on any atom is -0.393 e. The maximum Gasteiger partial charge on any atom is 0.0951 e. The molecule has 72 valence electrons. The third kappa shape index (κ3) is 5.29. The van der Waals surface area contributed by atoms with Crippen LogP contribution in [0.15, 0.2) is 12.2 Å². The quantitative estimate of drug-likeness (QED) is 0.525. The first-order chi connectivity index (χ1) is 5.57. The molecule has 3 nitrogen and oxygen atoms in total. The highest BCUT2D eigenvalue weighted by Gasteiger charge is 2.05. The lowest BCUT2D eigenvalue weighted by Gasteiger charge is -2.11. The second-order valence-electron chi connectivity index (χ2n) is 3.13. The Kier molecular flexibility index (Phi) is 5.98. The van der Waals surface area contributed by atoms with Crippen molar-refractivity contribution in [3.8, 4) is 0 Å². The zero-order valence-corrected chi connectivity index (χ0v) is 7.64. The summed E-state index contributed by atoms with van der Waals surface area (Å²) in [6, 6.07) is 0. The SMILES string of the molecule is CC(C/C=C/[C@@H](O)CO)[C@H](C)O. The molecule has 0 bridgehead atoms. The van der Waals surface area contributed by atoms with Crippen LogP contribution >= 0.6 is 0 Å². The summed E-state index contributed by atoms with van der Waals surface area (Å²) in [5, 5.41) is 26.5. The molecule has 0 amide bonds. The topological polar surface area (TPSA) is 60.7 Å². The van der Waals surface area contributed by atoms with Crippen LogP contribution in [0, 0.1) is 5.92 Å². The molecule has 0 aromatic carbocycles. The maximum atomic E-state index is 9.10. The van der Waals surface area contributed by atoms with E-state index in [2.05, 4.69) is 0 Å². The maximum absolute atomic E-state index is 9.10.